The van der Waals surface area contributed by atoms with Crippen molar-refractivity contribution >= 4 is 5.82 Å². The molecular weight excluding hydrogens is 224 g/mol. The molecule has 94 valence electrons. The Kier molecular flexibility index (Phi) is 3.16. The van der Waals surface area contributed by atoms with E-state index in [-0.39, 0.29) is 0 Å². The largest absolute Gasteiger partial charge is 0.351 e. The van der Waals surface area contributed by atoms with Crippen molar-refractivity contribution < 1.29 is 0 Å². The van der Waals surface area contributed by atoms with Crippen LogP contribution in [0.5, 0.6) is 0 Å². The van der Waals surface area contributed by atoms with E-state index in [1.807, 2.05) is 12.1 Å². The lowest BCUT2D eigenvalue weighted by molar-refractivity contribution is 0.575. The predicted octanol–water partition coefficient (Wildman–Crippen LogP) is 1.67. The van der Waals surface area contributed by atoms with E-state index >= 15 is 0 Å². The summed E-state index contributed by atoms with van der Waals surface area (Å²) in [6, 6.07) is 7.10. The molecule has 1 aliphatic carbocycles. The molecule has 1 N–H and O–H groups in total. The van der Waals surface area contributed by atoms with Gasteiger partial charge in [-0.1, -0.05) is 0 Å². The molecule has 1 saturated heterocycles. The third-order valence-electron chi connectivity index (χ3n) is 3.75. The van der Waals surface area contributed by atoms with Crippen LogP contribution in [-0.4, -0.2) is 30.2 Å². The molecule has 0 radical (unpaired) electrons. The Hall–Kier alpha value is -1.60. The second-order valence-corrected chi connectivity index (χ2v) is 5.16. The SMILES string of the molecule is N#Cc1cccnc1N(CC1CCCN1)C1CC1. The van der Waals surface area contributed by atoms with E-state index in [0.29, 0.717) is 17.6 Å². The molecule has 1 aliphatic heterocycles. The fourth-order valence-corrected chi connectivity index (χ4v) is 2.66. The van der Waals surface area contributed by atoms with E-state index in [0.717, 1.165) is 18.9 Å². The van der Waals surface area contributed by atoms with Crippen molar-refractivity contribution in [3.05, 3.63) is 23.9 Å². The van der Waals surface area contributed by atoms with Crippen molar-refractivity contribution in [1.29, 1.82) is 5.26 Å². The van der Waals surface area contributed by atoms with E-state index in [2.05, 4.69) is 21.3 Å². The van der Waals surface area contributed by atoms with Crippen LogP contribution in [0.3, 0.4) is 0 Å². The number of anilines is 1. The standard InChI is InChI=1S/C14H18N4/c15-9-11-3-1-8-17-14(11)18(13-5-6-13)10-12-4-2-7-16-12/h1,3,8,12-13,16H,2,4-7,10H2. The highest BCUT2D eigenvalue weighted by Gasteiger charge is 2.33. The second kappa shape index (κ2) is 4.95. The first kappa shape index (κ1) is 11.5. The van der Waals surface area contributed by atoms with Gasteiger partial charge in [0.1, 0.15) is 11.9 Å². The van der Waals surface area contributed by atoms with Gasteiger partial charge in [0.15, 0.2) is 0 Å². The molecule has 4 nitrogen and oxygen atoms in total. The summed E-state index contributed by atoms with van der Waals surface area (Å²) >= 11 is 0. The number of aromatic nitrogens is 1. The molecule has 18 heavy (non-hydrogen) atoms. The van der Waals surface area contributed by atoms with E-state index in [1.165, 1.54) is 25.7 Å². The van der Waals surface area contributed by atoms with Crippen molar-refractivity contribution in [2.24, 2.45) is 0 Å². The van der Waals surface area contributed by atoms with Crippen LogP contribution in [0.25, 0.3) is 0 Å². The Labute approximate surface area is 108 Å². The summed E-state index contributed by atoms with van der Waals surface area (Å²) in [5.74, 6) is 0.871. The van der Waals surface area contributed by atoms with Crippen LogP contribution in [0.1, 0.15) is 31.2 Å². The van der Waals surface area contributed by atoms with Gasteiger partial charge in [0.05, 0.1) is 5.56 Å². The third-order valence-corrected chi connectivity index (χ3v) is 3.75. The van der Waals surface area contributed by atoms with Crippen LogP contribution in [0.2, 0.25) is 0 Å². The molecule has 0 amide bonds. The molecular formula is C14H18N4. The van der Waals surface area contributed by atoms with Crippen LogP contribution in [0, 0.1) is 11.3 Å². The topological polar surface area (TPSA) is 52.0 Å². The molecule has 0 bridgehead atoms. The molecule has 4 heteroatoms. The third kappa shape index (κ3) is 2.32. The predicted molar refractivity (Wildman–Crippen MR) is 70.3 cm³/mol. The number of pyridine rings is 1. The average Bonchev–Trinajstić information content (AvgIpc) is 3.13. The highest BCUT2D eigenvalue weighted by molar-refractivity contribution is 5.55. The molecule has 1 saturated carbocycles. The zero-order chi connectivity index (χ0) is 12.4. The van der Waals surface area contributed by atoms with Gasteiger partial charge >= 0.3 is 0 Å². The molecule has 0 spiro atoms. The Morgan fingerprint density at radius 1 is 1.44 bits per heavy atom. The lowest BCUT2D eigenvalue weighted by Crippen LogP contribution is -2.39. The first-order valence-electron chi connectivity index (χ1n) is 6.73. The summed E-state index contributed by atoms with van der Waals surface area (Å²) in [5, 5.41) is 12.7. The van der Waals surface area contributed by atoms with Crippen molar-refractivity contribution in [3.63, 3.8) is 0 Å². The molecule has 2 aliphatic rings. The van der Waals surface area contributed by atoms with Crippen LogP contribution in [-0.2, 0) is 0 Å². The Balaban J connectivity index is 1.82. The van der Waals surface area contributed by atoms with Gasteiger partial charge in [0, 0.05) is 24.8 Å². The number of hydrogen-bond acceptors (Lipinski definition) is 4. The molecule has 1 aromatic heterocycles. The van der Waals surface area contributed by atoms with Crippen molar-refractivity contribution in [2.75, 3.05) is 18.0 Å². The zero-order valence-electron chi connectivity index (χ0n) is 10.5. The normalized spacial score (nSPS) is 22.7. The summed E-state index contributed by atoms with van der Waals surface area (Å²) in [7, 11) is 0. The summed E-state index contributed by atoms with van der Waals surface area (Å²) in [5.41, 5.74) is 0.697. The van der Waals surface area contributed by atoms with Gasteiger partial charge in [-0.05, 0) is 44.4 Å². The molecule has 2 heterocycles. The Bertz CT molecular complexity index is 455. The van der Waals surface area contributed by atoms with Gasteiger partial charge < -0.3 is 10.2 Å². The van der Waals surface area contributed by atoms with Crippen molar-refractivity contribution in [1.82, 2.24) is 10.3 Å². The van der Waals surface area contributed by atoms with Crippen molar-refractivity contribution in [3.8, 4) is 6.07 Å². The van der Waals surface area contributed by atoms with E-state index in [1.54, 1.807) is 6.20 Å². The quantitative estimate of drug-likeness (QED) is 0.872. The first-order chi connectivity index (χ1) is 8.88. The molecule has 1 aromatic rings. The minimum atomic E-state index is 0.555. The highest BCUT2D eigenvalue weighted by atomic mass is 15.3. The summed E-state index contributed by atoms with van der Waals surface area (Å²) < 4.78 is 0. The lowest BCUT2D eigenvalue weighted by atomic mass is 10.2. The minimum Gasteiger partial charge on any atom is -0.351 e. The summed E-state index contributed by atoms with van der Waals surface area (Å²) in [4.78, 5) is 6.76. The first-order valence-corrected chi connectivity index (χ1v) is 6.73. The maximum Gasteiger partial charge on any atom is 0.146 e. The van der Waals surface area contributed by atoms with Crippen LogP contribution >= 0.6 is 0 Å². The van der Waals surface area contributed by atoms with Crippen LogP contribution in [0.15, 0.2) is 18.3 Å². The molecule has 2 fully saturated rings. The maximum absolute atomic E-state index is 9.20. The Morgan fingerprint density at radius 3 is 3.00 bits per heavy atom. The van der Waals surface area contributed by atoms with Gasteiger partial charge in [-0.25, -0.2) is 4.98 Å². The highest BCUT2D eigenvalue weighted by Crippen LogP contribution is 2.32. The Morgan fingerprint density at radius 2 is 2.33 bits per heavy atom. The lowest BCUT2D eigenvalue weighted by Gasteiger charge is -2.27. The van der Waals surface area contributed by atoms with Gasteiger partial charge in [0.2, 0.25) is 0 Å². The smallest absolute Gasteiger partial charge is 0.146 e. The maximum atomic E-state index is 9.20. The van der Waals surface area contributed by atoms with Gasteiger partial charge in [-0.15, -0.1) is 0 Å². The van der Waals surface area contributed by atoms with Gasteiger partial charge in [0.25, 0.3) is 0 Å². The number of nitrogens with one attached hydrogen (secondary N) is 1. The van der Waals surface area contributed by atoms with Crippen LogP contribution < -0.4 is 10.2 Å². The molecule has 1 unspecified atom stereocenters. The summed E-state index contributed by atoms with van der Waals surface area (Å²) in [6.07, 6.45) is 6.74. The second-order valence-electron chi connectivity index (χ2n) is 5.16. The van der Waals surface area contributed by atoms with Crippen LogP contribution in [0.4, 0.5) is 5.82 Å². The van der Waals surface area contributed by atoms with E-state index < -0.39 is 0 Å². The molecule has 1 atom stereocenters. The monoisotopic (exact) mass is 242 g/mol. The molecule has 0 aromatic carbocycles. The summed E-state index contributed by atoms with van der Waals surface area (Å²) in [6.45, 7) is 2.10. The van der Waals surface area contributed by atoms with E-state index in [4.69, 9.17) is 0 Å². The minimum absolute atomic E-state index is 0.555. The van der Waals surface area contributed by atoms with E-state index in [9.17, 15) is 5.26 Å². The average molecular weight is 242 g/mol. The fourth-order valence-electron chi connectivity index (χ4n) is 2.66. The number of nitrogens with zero attached hydrogens (tertiary/aromatic N) is 3. The molecule has 3 rings (SSSR count). The zero-order valence-corrected chi connectivity index (χ0v) is 10.5. The van der Waals surface area contributed by atoms with Gasteiger partial charge in [-0.3, -0.25) is 0 Å². The number of rotatable bonds is 4. The van der Waals surface area contributed by atoms with Gasteiger partial charge in [-0.2, -0.15) is 5.26 Å². The van der Waals surface area contributed by atoms with Crippen molar-refractivity contribution in [2.45, 2.75) is 37.8 Å². The fraction of sp³-hybridized carbons (Fsp3) is 0.571. The number of hydrogen-bond donors (Lipinski definition) is 1. The number of nitriles is 1.